The molecule has 100 heavy (non-hydrogen) atoms. The summed E-state index contributed by atoms with van der Waals surface area (Å²) in [6.45, 7) is 14.3. The van der Waals surface area contributed by atoms with Crippen LogP contribution in [0.2, 0.25) is 0 Å². The van der Waals surface area contributed by atoms with Crippen molar-refractivity contribution in [2.45, 2.75) is 433 Å². The second-order valence-corrected chi connectivity index (χ2v) is 34.0. The molecule has 0 aromatic heterocycles. The number of ether oxygens (including phenoxy) is 4. The fourth-order valence-electron chi connectivity index (χ4n) is 12.4. The zero-order valence-electron chi connectivity index (χ0n) is 65.8. The molecule has 594 valence electrons. The normalized spacial score (nSPS) is 14.0. The molecule has 0 fully saturated rings. The number of carbonyl (C=O) groups excluding carboxylic acids is 4. The van der Waals surface area contributed by atoms with Gasteiger partial charge in [0, 0.05) is 25.7 Å². The predicted molar refractivity (Wildman–Crippen MR) is 409 cm³/mol. The highest BCUT2D eigenvalue weighted by atomic mass is 31.2. The van der Waals surface area contributed by atoms with Crippen LogP contribution in [0.3, 0.4) is 0 Å². The minimum absolute atomic E-state index is 0.106. The first kappa shape index (κ1) is 98.1. The van der Waals surface area contributed by atoms with E-state index in [0.29, 0.717) is 25.7 Å². The fourth-order valence-corrected chi connectivity index (χ4v) is 14.0. The third-order valence-electron chi connectivity index (χ3n) is 18.8. The number of aliphatic hydroxyl groups excluding tert-OH is 1. The monoisotopic (exact) mass is 1470 g/mol. The summed E-state index contributed by atoms with van der Waals surface area (Å²) in [5.41, 5.74) is 0. The zero-order chi connectivity index (χ0) is 73.8. The second-order valence-electron chi connectivity index (χ2n) is 31.1. The van der Waals surface area contributed by atoms with Gasteiger partial charge in [0.25, 0.3) is 0 Å². The van der Waals surface area contributed by atoms with Gasteiger partial charge in [-0.3, -0.25) is 37.3 Å². The van der Waals surface area contributed by atoms with Crippen LogP contribution in [0, 0.1) is 23.7 Å². The van der Waals surface area contributed by atoms with Gasteiger partial charge < -0.3 is 33.8 Å². The first-order chi connectivity index (χ1) is 48.1. The van der Waals surface area contributed by atoms with Gasteiger partial charge in [-0.15, -0.1) is 0 Å². The van der Waals surface area contributed by atoms with Crippen molar-refractivity contribution in [2.75, 3.05) is 39.6 Å². The minimum Gasteiger partial charge on any atom is -0.462 e. The molecule has 0 saturated heterocycles. The zero-order valence-corrected chi connectivity index (χ0v) is 67.6. The molecule has 0 amide bonds. The van der Waals surface area contributed by atoms with Crippen LogP contribution in [0.25, 0.3) is 0 Å². The molecule has 0 radical (unpaired) electrons. The maximum absolute atomic E-state index is 13.1. The molecule has 0 aliphatic rings. The molecule has 3 N–H and O–H groups in total. The topological polar surface area (TPSA) is 237 Å². The summed E-state index contributed by atoms with van der Waals surface area (Å²) < 4.78 is 68.7. The van der Waals surface area contributed by atoms with E-state index in [1.165, 1.54) is 218 Å². The number of phosphoric ester groups is 2. The van der Waals surface area contributed by atoms with Gasteiger partial charge in [0.2, 0.25) is 0 Å². The Morgan fingerprint density at radius 1 is 0.250 bits per heavy atom. The molecule has 5 atom stereocenters. The molecule has 0 aromatic rings. The van der Waals surface area contributed by atoms with Crippen LogP contribution < -0.4 is 0 Å². The number of hydrogen-bond donors (Lipinski definition) is 3. The van der Waals surface area contributed by atoms with Crippen molar-refractivity contribution >= 4 is 39.5 Å². The van der Waals surface area contributed by atoms with E-state index < -0.39 is 97.5 Å². The summed E-state index contributed by atoms with van der Waals surface area (Å²) in [5, 5.41) is 10.6. The Morgan fingerprint density at radius 2 is 0.420 bits per heavy atom. The van der Waals surface area contributed by atoms with Gasteiger partial charge in [-0.05, 0) is 49.4 Å². The molecule has 0 spiro atoms. The summed E-state index contributed by atoms with van der Waals surface area (Å²) in [5.74, 6) is 0.984. The van der Waals surface area contributed by atoms with Crippen molar-refractivity contribution in [3.8, 4) is 0 Å². The highest BCUT2D eigenvalue weighted by Crippen LogP contribution is 2.45. The molecule has 0 aliphatic carbocycles. The molecule has 2 unspecified atom stereocenters. The maximum atomic E-state index is 13.1. The van der Waals surface area contributed by atoms with E-state index >= 15 is 0 Å². The number of carbonyl (C=O) groups is 4. The number of unbranched alkanes of at least 4 members (excludes halogenated alkanes) is 44. The Morgan fingerprint density at radius 3 is 0.620 bits per heavy atom. The first-order valence-corrected chi connectivity index (χ1v) is 44.7. The number of phosphoric acid groups is 2. The van der Waals surface area contributed by atoms with E-state index in [9.17, 15) is 43.2 Å². The second kappa shape index (κ2) is 70.1. The smallest absolute Gasteiger partial charge is 0.462 e. The van der Waals surface area contributed by atoms with Gasteiger partial charge >= 0.3 is 39.5 Å². The molecule has 0 saturated carbocycles. The average Bonchev–Trinajstić information content (AvgIpc) is 0.913. The van der Waals surface area contributed by atoms with Gasteiger partial charge in [-0.1, -0.05) is 364 Å². The lowest BCUT2D eigenvalue weighted by atomic mass is 10.0. The van der Waals surface area contributed by atoms with Crippen LogP contribution in [0.1, 0.15) is 415 Å². The molecule has 17 nitrogen and oxygen atoms in total. The molecular formula is C81H158O17P2. The van der Waals surface area contributed by atoms with Crippen molar-refractivity contribution < 1.29 is 80.2 Å². The highest BCUT2D eigenvalue weighted by Gasteiger charge is 2.30. The predicted octanol–water partition coefficient (Wildman–Crippen LogP) is 24.0. The highest BCUT2D eigenvalue weighted by molar-refractivity contribution is 7.47. The van der Waals surface area contributed by atoms with E-state index in [2.05, 4.69) is 55.4 Å². The van der Waals surface area contributed by atoms with Crippen LogP contribution in [0.5, 0.6) is 0 Å². The number of esters is 4. The number of aliphatic hydroxyl groups is 1. The van der Waals surface area contributed by atoms with E-state index in [-0.39, 0.29) is 25.7 Å². The first-order valence-electron chi connectivity index (χ1n) is 41.7. The third-order valence-corrected chi connectivity index (χ3v) is 20.7. The molecule has 0 aliphatic heterocycles. The van der Waals surface area contributed by atoms with Gasteiger partial charge in [-0.25, -0.2) is 9.13 Å². The lowest BCUT2D eigenvalue weighted by Crippen LogP contribution is -2.30. The minimum atomic E-state index is -4.96. The van der Waals surface area contributed by atoms with Crippen molar-refractivity contribution in [3.63, 3.8) is 0 Å². The van der Waals surface area contributed by atoms with E-state index in [1.54, 1.807) is 0 Å². The number of rotatable bonds is 78. The van der Waals surface area contributed by atoms with Crippen LogP contribution in [-0.4, -0.2) is 96.7 Å². The van der Waals surface area contributed by atoms with Gasteiger partial charge in [0.15, 0.2) is 12.2 Å². The Labute approximate surface area is 613 Å². The molecule has 19 heteroatoms. The standard InChI is InChI=1S/C81H158O17P2/c1-71(2)57-49-41-33-25-19-13-9-11-15-22-28-37-45-53-61-78(83)91-67-76(97-80(85)63-55-47-39-29-23-16-12-10-14-20-26-34-42-50-58-72(3)4)69-95-99(87,88)93-65-75(82)66-94-100(89,90)96-70-77(68-92-79(84)62-54-46-38-32-31-36-44-52-60-74(7)8)98-81(86)64-56-48-40-30-24-18-17-21-27-35-43-51-59-73(5)6/h71-77,82H,9-70H2,1-8H3,(H,87,88)(H,89,90)/t75-,76-,77-/m1/s1. The summed E-state index contributed by atoms with van der Waals surface area (Å²) in [7, 11) is -9.92. The summed E-state index contributed by atoms with van der Waals surface area (Å²) >= 11 is 0. The van der Waals surface area contributed by atoms with E-state index in [0.717, 1.165) is 114 Å². The SMILES string of the molecule is CC(C)CCCCCCCCCCCCCCCCC(=O)OC[C@H](COP(=O)(O)OC[C@@H](O)COP(=O)(O)OC[C@@H](COC(=O)CCCCCCCCCCC(C)C)OC(=O)CCCCCCCCCCCCCCC(C)C)OC(=O)CCCCCCCCCCCCCCCCC(C)C. The quantitative estimate of drug-likeness (QED) is 0.0222. The summed E-state index contributed by atoms with van der Waals surface area (Å²) in [6.07, 6.45) is 56.8. The maximum Gasteiger partial charge on any atom is 0.472 e. The van der Waals surface area contributed by atoms with Crippen molar-refractivity contribution in [3.05, 3.63) is 0 Å². The lowest BCUT2D eigenvalue weighted by molar-refractivity contribution is -0.161. The molecule has 0 heterocycles. The van der Waals surface area contributed by atoms with Crippen LogP contribution >= 0.6 is 15.6 Å². The number of hydrogen-bond acceptors (Lipinski definition) is 15. The summed E-state index contributed by atoms with van der Waals surface area (Å²) in [4.78, 5) is 73.1. The van der Waals surface area contributed by atoms with Gasteiger partial charge in [0.1, 0.15) is 19.3 Å². The molecule has 0 aromatic carbocycles. The largest absolute Gasteiger partial charge is 0.472 e. The Bertz CT molecular complexity index is 1950. The Hall–Kier alpha value is -1.94. The van der Waals surface area contributed by atoms with Crippen LogP contribution in [-0.2, 0) is 65.4 Å². The third kappa shape index (κ3) is 74.3. The fraction of sp³-hybridized carbons (Fsp3) is 0.951. The Kier molecular flexibility index (Phi) is 68.7. The summed E-state index contributed by atoms with van der Waals surface area (Å²) in [6, 6.07) is 0. The van der Waals surface area contributed by atoms with E-state index in [1.807, 2.05) is 0 Å². The Balaban J connectivity index is 5.26. The van der Waals surface area contributed by atoms with Gasteiger partial charge in [0.05, 0.1) is 26.4 Å². The molecular weight excluding hydrogens is 1310 g/mol. The van der Waals surface area contributed by atoms with Crippen LogP contribution in [0.15, 0.2) is 0 Å². The van der Waals surface area contributed by atoms with Crippen molar-refractivity contribution in [1.29, 1.82) is 0 Å². The lowest BCUT2D eigenvalue weighted by Gasteiger charge is -2.21. The van der Waals surface area contributed by atoms with Crippen molar-refractivity contribution in [1.82, 2.24) is 0 Å². The van der Waals surface area contributed by atoms with E-state index in [4.69, 9.17) is 37.0 Å². The van der Waals surface area contributed by atoms with Gasteiger partial charge in [-0.2, -0.15) is 0 Å². The molecule has 0 rings (SSSR count). The molecule has 0 bridgehead atoms. The van der Waals surface area contributed by atoms with Crippen LogP contribution in [0.4, 0.5) is 0 Å². The average molecular weight is 1470 g/mol. The van der Waals surface area contributed by atoms with Crippen molar-refractivity contribution in [2.24, 2.45) is 23.7 Å².